The van der Waals surface area contributed by atoms with Crippen LogP contribution < -0.4 is 5.32 Å². The third-order valence-corrected chi connectivity index (χ3v) is 7.61. The molecule has 0 bridgehead atoms. The third-order valence-electron chi connectivity index (χ3n) is 5.86. The van der Waals surface area contributed by atoms with Crippen molar-refractivity contribution in [1.29, 1.82) is 0 Å². The highest BCUT2D eigenvalue weighted by Gasteiger charge is 2.39. The number of piperazine rings is 1. The topological polar surface area (TPSA) is 49.4 Å². The number of nitrogens with zero attached hydrogens (tertiary/aromatic N) is 1. The lowest BCUT2D eigenvalue weighted by Gasteiger charge is -2.46. The molecular weight excluding hydrogens is 284 g/mol. The molecule has 0 radical (unpaired) electrons. The maximum absolute atomic E-state index is 11.8. The predicted molar refractivity (Wildman–Crippen MR) is 86.2 cm³/mol. The van der Waals surface area contributed by atoms with Gasteiger partial charge in [0.25, 0.3) is 0 Å². The van der Waals surface area contributed by atoms with Crippen LogP contribution >= 0.6 is 0 Å². The van der Waals surface area contributed by atoms with E-state index in [1.807, 2.05) is 0 Å². The normalized spacial score (nSPS) is 38.6. The molecule has 21 heavy (non-hydrogen) atoms. The van der Waals surface area contributed by atoms with Crippen molar-refractivity contribution in [2.24, 2.45) is 5.92 Å². The van der Waals surface area contributed by atoms with E-state index in [4.69, 9.17) is 0 Å². The molecule has 3 atom stereocenters. The van der Waals surface area contributed by atoms with Crippen molar-refractivity contribution in [2.75, 3.05) is 24.6 Å². The Morgan fingerprint density at radius 3 is 2.52 bits per heavy atom. The second-order valence-electron chi connectivity index (χ2n) is 7.23. The Hall–Kier alpha value is -0.130. The van der Waals surface area contributed by atoms with Crippen LogP contribution in [-0.2, 0) is 9.84 Å². The Kier molecular flexibility index (Phi) is 4.91. The summed E-state index contributed by atoms with van der Waals surface area (Å²) in [7, 11) is -2.78. The number of rotatable bonds is 3. The van der Waals surface area contributed by atoms with Crippen LogP contribution in [0.2, 0.25) is 0 Å². The summed E-state index contributed by atoms with van der Waals surface area (Å²) in [4.78, 5) is 2.54. The maximum Gasteiger partial charge on any atom is 0.151 e. The van der Waals surface area contributed by atoms with Gasteiger partial charge in [-0.3, -0.25) is 4.90 Å². The molecule has 5 heteroatoms. The zero-order valence-electron chi connectivity index (χ0n) is 13.3. The van der Waals surface area contributed by atoms with Crippen LogP contribution in [0.4, 0.5) is 0 Å². The highest BCUT2D eigenvalue weighted by molar-refractivity contribution is 7.91. The van der Waals surface area contributed by atoms with E-state index in [2.05, 4.69) is 17.1 Å². The Labute approximate surface area is 129 Å². The van der Waals surface area contributed by atoms with Crippen LogP contribution in [0, 0.1) is 5.92 Å². The van der Waals surface area contributed by atoms with Gasteiger partial charge in [-0.25, -0.2) is 8.42 Å². The van der Waals surface area contributed by atoms with Gasteiger partial charge in [-0.05, 0) is 31.6 Å². The minimum atomic E-state index is -2.78. The van der Waals surface area contributed by atoms with Crippen molar-refractivity contribution in [3.05, 3.63) is 0 Å². The average Bonchev–Trinajstić information content (AvgIpc) is 2.87. The first kappa shape index (κ1) is 15.8. The molecule has 1 N–H and O–H groups in total. The fourth-order valence-electron chi connectivity index (χ4n) is 4.56. The second kappa shape index (κ2) is 6.55. The molecule has 0 aromatic heterocycles. The standard InChI is InChI=1S/C16H30N2O2S/c1-2-14-10-17-16(13-6-4-3-5-7-13)11-18(14)15-8-9-21(19,20)12-15/h13-17H,2-12H2,1H3. The SMILES string of the molecule is CCC1CNC(C2CCCCC2)CN1C1CCS(=O)(=O)C1. The molecule has 0 spiro atoms. The van der Waals surface area contributed by atoms with Crippen molar-refractivity contribution in [3.63, 3.8) is 0 Å². The van der Waals surface area contributed by atoms with Crippen LogP contribution in [0.1, 0.15) is 51.9 Å². The lowest BCUT2D eigenvalue weighted by atomic mass is 9.82. The maximum atomic E-state index is 11.8. The van der Waals surface area contributed by atoms with Gasteiger partial charge < -0.3 is 5.32 Å². The summed E-state index contributed by atoms with van der Waals surface area (Å²) < 4.78 is 23.6. The fraction of sp³-hybridized carbons (Fsp3) is 1.00. The molecule has 0 aromatic rings. The lowest BCUT2D eigenvalue weighted by molar-refractivity contribution is 0.0643. The molecule has 3 rings (SSSR count). The molecule has 2 heterocycles. The van der Waals surface area contributed by atoms with Gasteiger partial charge in [0.15, 0.2) is 9.84 Å². The Morgan fingerprint density at radius 2 is 1.90 bits per heavy atom. The minimum Gasteiger partial charge on any atom is -0.311 e. The van der Waals surface area contributed by atoms with Gasteiger partial charge in [0, 0.05) is 31.2 Å². The fourth-order valence-corrected chi connectivity index (χ4v) is 6.30. The van der Waals surface area contributed by atoms with E-state index in [-0.39, 0.29) is 6.04 Å². The average molecular weight is 314 g/mol. The van der Waals surface area contributed by atoms with Crippen LogP contribution in [0.25, 0.3) is 0 Å². The molecule has 4 nitrogen and oxygen atoms in total. The van der Waals surface area contributed by atoms with E-state index in [1.165, 1.54) is 32.1 Å². The first-order chi connectivity index (χ1) is 10.1. The minimum absolute atomic E-state index is 0.271. The quantitative estimate of drug-likeness (QED) is 0.863. The zero-order chi connectivity index (χ0) is 14.9. The monoisotopic (exact) mass is 314 g/mol. The molecule has 0 aromatic carbocycles. The zero-order valence-corrected chi connectivity index (χ0v) is 14.1. The molecule has 2 saturated heterocycles. The molecule has 3 fully saturated rings. The van der Waals surface area contributed by atoms with Gasteiger partial charge in [-0.15, -0.1) is 0 Å². The summed E-state index contributed by atoms with van der Waals surface area (Å²) in [5.41, 5.74) is 0. The van der Waals surface area contributed by atoms with Gasteiger partial charge in [-0.1, -0.05) is 26.2 Å². The van der Waals surface area contributed by atoms with Gasteiger partial charge in [0.1, 0.15) is 0 Å². The second-order valence-corrected chi connectivity index (χ2v) is 9.46. The molecule has 1 aliphatic carbocycles. The van der Waals surface area contributed by atoms with Crippen LogP contribution in [0.15, 0.2) is 0 Å². The number of nitrogens with one attached hydrogen (secondary N) is 1. The molecule has 122 valence electrons. The highest BCUT2D eigenvalue weighted by Crippen LogP contribution is 2.30. The molecular formula is C16H30N2O2S. The molecule has 3 unspecified atom stereocenters. The Morgan fingerprint density at radius 1 is 1.14 bits per heavy atom. The van der Waals surface area contributed by atoms with Gasteiger partial charge in [0.2, 0.25) is 0 Å². The molecule has 3 aliphatic rings. The van der Waals surface area contributed by atoms with Crippen molar-refractivity contribution in [1.82, 2.24) is 10.2 Å². The van der Waals surface area contributed by atoms with Gasteiger partial charge in [0.05, 0.1) is 11.5 Å². The summed E-state index contributed by atoms with van der Waals surface area (Å²) in [6.45, 7) is 4.32. The summed E-state index contributed by atoms with van der Waals surface area (Å²) in [5.74, 6) is 1.59. The third kappa shape index (κ3) is 3.62. The first-order valence-corrected chi connectivity index (χ1v) is 10.6. The Bertz CT molecular complexity index is 445. The summed E-state index contributed by atoms with van der Waals surface area (Å²) in [6.07, 6.45) is 8.80. The summed E-state index contributed by atoms with van der Waals surface area (Å²) >= 11 is 0. The van der Waals surface area contributed by atoms with E-state index in [9.17, 15) is 8.42 Å². The molecule has 1 saturated carbocycles. The van der Waals surface area contributed by atoms with Gasteiger partial charge in [-0.2, -0.15) is 0 Å². The lowest BCUT2D eigenvalue weighted by Crippen LogP contribution is -2.61. The van der Waals surface area contributed by atoms with E-state index in [1.54, 1.807) is 0 Å². The van der Waals surface area contributed by atoms with Crippen molar-refractivity contribution in [2.45, 2.75) is 70.0 Å². The van der Waals surface area contributed by atoms with E-state index >= 15 is 0 Å². The Balaban J connectivity index is 1.67. The van der Waals surface area contributed by atoms with Crippen LogP contribution in [0.5, 0.6) is 0 Å². The summed E-state index contributed by atoms with van der Waals surface area (Å²) in [6, 6.07) is 1.37. The summed E-state index contributed by atoms with van der Waals surface area (Å²) in [5, 5.41) is 3.77. The van der Waals surface area contributed by atoms with Crippen molar-refractivity contribution in [3.8, 4) is 0 Å². The highest BCUT2D eigenvalue weighted by atomic mass is 32.2. The van der Waals surface area contributed by atoms with Crippen molar-refractivity contribution >= 4 is 9.84 Å². The van der Waals surface area contributed by atoms with Crippen molar-refractivity contribution < 1.29 is 8.42 Å². The smallest absolute Gasteiger partial charge is 0.151 e. The number of sulfone groups is 1. The molecule has 2 aliphatic heterocycles. The van der Waals surface area contributed by atoms with E-state index in [0.717, 1.165) is 31.8 Å². The van der Waals surface area contributed by atoms with Crippen LogP contribution in [0.3, 0.4) is 0 Å². The first-order valence-electron chi connectivity index (χ1n) is 8.78. The van der Waals surface area contributed by atoms with E-state index in [0.29, 0.717) is 23.6 Å². The van der Waals surface area contributed by atoms with E-state index < -0.39 is 9.84 Å². The molecule has 0 amide bonds. The largest absolute Gasteiger partial charge is 0.311 e. The predicted octanol–water partition coefficient (Wildman–Crippen LogP) is 1.81. The van der Waals surface area contributed by atoms with Crippen LogP contribution in [-0.4, -0.2) is 56.0 Å². The number of hydrogen-bond acceptors (Lipinski definition) is 4. The number of hydrogen-bond donors (Lipinski definition) is 1. The van der Waals surface area contributed by atoms with Gasteiger partial charge >= 0.3 is 0 Å².